The zero-order valence-electron chi connectivity index (χ0n) is 16.8. The molecule has 2 aromatic rings. The summed E-state index contributed by atoms with van der Waals surface area (Å²) in [6, 6.07) is 4.14. The van der Waals surface area contributed by atoms with E-state index >= 15 is 0 Å². The Bertz CT molecular complexity index is 1090. The van der Waals surface area contributed by atoms with Crippen LogP contribution in [0.15, 0.2) is 23.0 Å². The molecule has 2 heterocycles. The van der Waals surface area contributed by atoms with Crippen molar-refractivity contribution in [1.29, 1.82) is 0 Å². The van der Waals surface area contributed by atoms with Crippen molar-refractivity contribution in [3.05, 3.63) is 39.9 Å². The Morgan fingerprint density at radius 1 is 1.10 bits per heavy atom. The number of hydrogen-bond donors (Lipinski definition) is 0. The standard InChI is InChI=1S/C20H20FNO8/c1-9(23)27-8-14-17(28-10(2)24)18(29-11(3)25)16-15-12(21)6-5-7-13(15)22(4)20(26)19(16)30-14/h5-7,14,17-18H,8H2,1-4H3/t14-,17-,18-/m1/s1. The van der Waals surface area contributed by atoms with Gasteiger partial charge >= 0.3 is 17.9 Å². The first-order valence-electron chi connectivity index (χ1n) is 9.07. The molecule has 0 aliphatic carbocycles. The zero-order valence-corrected chi connectivity index (χ0v) is 16.8. The molecule has 0 amide bonds. The number of esters is 3. The predicted octanol–water partition coefficient (Wildman–Crippen LogP) is 1.54. The van der Waals surface area contributed by atoms with Crippen LogP contribution in [0.1, 0.15) is 32.4 Å². The Balaban J connectivity index is 2.31. The maximum atomic E-state index is 14.8. The van der Waals surface area contributed by atoms with Gasteiger partial charge in [0.2, 0.25) is 0 Å². The molecule has 10 heteroatoms. The number of carbonyl (C=O) groups excluding carboxylic acids is 3. The number of rotatable bonds is 4. The lowest BCUT2D eigenvalue weighted by Crippen LogP contribution is -2.49. The number of carbonyl (C=O) groups is 3. The molecule has 3 rings (SSSR count). The lowest BCUT2D eigenvalue weighted by Gasteiger charge is -2.38. The fraction of sp³-hybridized carbons (Fsp3) is 0.400. The summed E-state index contributed by atoms with van der Waals surface area (Å²) in [5, 5.41) is -0.0102. The van der Waals surface area contributed by atoms with Crippen molar-refractivity contribution >= 4 is 28.8 Å². The van der Waals surface area contributed by atoms with Crippen LogP contribution in [0.5, 0.6) is 5.75 Å². The molecular weight excluding hydrogens is 401 g/mol. The van der Waals surface area contributed by atoms with Crippen LogP contribution in [0.4, 0.5) is 4.39 Å². The smallest absolute Gasteiger partial charge is 0.303 e. The van der Waals surface area contributed by atoms with E-state index in [-0.39, 0.29) is 28.8 Å². The second kappa shape index (κ2) is 8.13. The number of benzene rings is 1. The molecule has 1 aromatic heterocycles. The van der Waals surface area contributed by atoms with Gasteiger partial charge in [0, 0.05) is 33.2 Å². The lowest BCUT2D eigenvalue weighted by molar-refractivity contribution is -0.182. The first-order chi connectivity index (χ1) is 14.1. The summed E-state index contributed by atoms with van der Waals surface area (Å²) in [6.07, 6.45) is -3.80. The number of fused-ring (bicyclic) bond motifs is 3. The van der Waals surface area contributed by atoms with Gasteiger partial charge in [-0.1, -0.05) is 6.07 Å². The highest BCUT2D eigenvalue weighted by atomic mass is 19.1. The summed E-state index contributed by atoms with van der Waals surface area (Å²) >= 11 is 0. The van der Waals surface area contributed by atoms with E-state index in [1.165, 1.54) is 36.7 Å². The molecule has 0 radical (unpaired) electrons. The number of pyridine rings is 1. The monoisotopic (exact) mass is 421 g/mol. The number of aryl methyl sites for hydroxylation is 1. The van der Waals surface area contributed by atoms with Crippen molar-refractivity contribution in [2.45, 2.75) is 39.1 Å². The molecule has 0 spiro atoms. The second-order valence-electron chi connectivity index (χ2n) is 6.80. The fourth-order valence-electron chi connectivity index (χ4n) is 3.47. The van der Waals surface area contributed by atoms with Crippen LogP contribution in [0, 0.1) is 5.82 Å². The molecule has 30 heavy (non-hydrogen) atoms. The Morgan fingerprint density at radius 3 is 2.37 bits per heavy atom. The van der Waals surface area contributed by atoms with Crippen LogP contribution in [-0.4, -0.2) is 41.3 Å². The van der Waals surface area contributed by atoms with Gasteiger partial charge < -0.3 is 23.5 Å². The van der Waals surface area contributed by atoms with Gasteiger partial charge in [-0.05, 0) is 12.1 Å². The third-order valence-electron chi connectivity index (χ3n) is 4.63. The molecule has 160 valence electrons. The van der Waals surface area contributed by atoms with E-state index in [0.29, 0.717) is 0 Å². The summed E-state index contributed by atoms with van der Waals surface area (Å²) < 4.78 is 37.4. The highest BCUT2D eigenvalue weighted by molar-refractivity contribution is 5.86. The number of halogens is 1. The minimum Gasteiger partial charge on any atom is -0.477 e. The molecule has 0 N–H and O–H groups in total. The van der Waals surface area contributed by atoms with Crippen molar-refractivity contribution < 1.29 is 37.7 Å². The highest BCUT2D eigenvalue weighted by Gasteiger charge is 2.46. The van der Waals surface area contributed by atoms with E-state index in [1.54, 1.807) is 0 Å². The molecule has 0 fully saturated rings. The van der Waals surface area contributed by atoms with Crippen LogP contribution in [-0.2, 0) is 35.6 Å². The van der Waals surface area contributed by atoms with Crippen molar-refractivity contribution in [3.8, 4) is 5.75 Å². The number of ether oxygens (including phenoxy) is 4. The Morgan fingerprint density at radius 2 is 1.77 bits per heavy atom. The van der Waals surface area contributed by atoms with E-state index in [2.05, 4.69) is 0 Å². The Hall–Kier alpha value is -3.43. The minimum atomic E-state index is -1.36. The van der Waals surface area contributed by atoms with Gasteiger partial charge in [-0.3, -0.25) is 19.2 Å². The fourth-order valence-corrected chi connectivity index (χ4v) is 3.47. The number of nitrogens with zero attached hydrogens (tertiary/aromatic N) is 1. The summed E-state index contributed by atoms with van der Waals surface area (Å²) in [7, 11) is 1.44. The second-order valence-corrected chi connectivity index (χ2v) is 6.80. The van der Waals surface area contributed by atoms with Gasteiger partial charge in [0.15, 0.2) is 24.1 Å². The quantitative estimate of drug-likeness (QED) is 0.540. The lowest BCUT2D eigenvalue weighted by atomic mass is 9.92. The molecular formula is C20H20FNO8. The maximum absolute atomic E-state index is 14.8. The summed E-state index contributed by atoms with van der Waals surface area (Å²) in [6.45, 7) is 3.04. The summed E-state index contributed by atoms with van der Waals surface area (Å²) in [5.74, 6) is -3.07. The van der Waals surface area contributed by atoms with Crippen molar-refractivity contribution in [2.75, 3.05) is 6.61 Å². The van der Waals surface area contributed by atoms with E-state index in [4.69, 9.17) is 18.9 Å². The van der Waals surface area contributed by atoms with Gasteiger partial charge in [-0.2, -0.15) is 0 Å². The average Bonchev–Trinajstić information content (AvgIpc) is 2.65. The molecule has 0 unspecified atom stereocenters. The van der Waals surface area contributed by atoms with E-state index < -0.39 is 47.6 Å². The molecule has 0 bridgehead atoms. The van der Waals surface area contributed by atoms with Crippen LogP contribution in [0.25, 0.3) is 10.9 Å². The van der Waals surface area contributed by atoms with E-state index in [1.807, 2.05) is 0 Å². The Labute approximate surface area is 170 Å². The third kappa shape index (κ3) is 3.85. The molecule has 1 aliphatic rings. The van der Waals surface area contributed by atoms with Gasteiger partial charge in [0.1, 0.15) is 12.4 Å². The van der Waals surface area contributed by atoms with Gasteiger partial charge in [-0.25, -0.2) is 4.39 Å². The molecule has 0 saturated carbocycles. The average molecular weight is 421 g/mol. The molecule has 3 atom stereocenters. The van der Waals surface area contributed by atoms with Crippen molar-refractivity contribution in [3.63, 3.8) is 0 Å². The van der Waals surface area contributed by atoms with Gasteiger partial charge in [-0.15, -0.1) is 0 Å². The topological polar surface area (TPSA) is 110 Å². The van der Waals surface area contributed by atoms with Crippen LogP contribution in [0.3, 0.4) is 0 Å². The summed E-state index contributed by atoms with van der Waals surface area (Å²) in [5.41, 5.74) is -0.430. The zero-order chi connectivity index (χ0) is 22.2. The van der Waals surface area contributed by atoms with Crippen molar-refractivity contribution in [2.24, 2.45) is 7.05 Å². The first kappa shape index (κ1) is 21.3. The molecule has 0 saturated heterocycles. The van der Waals surface area contributed by atoms with E-state index in [9.17, 15) is 23.6 Å². The number of hydrogen-bond acceptors (Lipinski definition) is 8. The van der Waals surface area contributed by atoms with E-state index in [0.717, 1.165) is 13.8 Å². The highest BCUT2D eigenvalue weighted by Crippen LogP contribution is 2.42. The van der Waals surface area contributed by atoms with Crippen LogP contribution >= 0.6 is 0 Å². The normalized spacial score (nSPS) is 20.1. The maximum Gasteiger partial charge on any atom is 0.303 e. The van der Waals surface area contributed by atoms with Gasteiger partial charge in [0.25, 0.3) is 5.56 Å². The molecule has 1 aliphatic heterocycles. The third-order valence-corrected chi connectivity index (χ3v) is 4.63. The predicted molar refractivity (Wildman–Crippen MR) is 100 cm³/mol. The van der Waals surface area contributed by atoms with Crippen molar-refractivity contribution in [1.82, 2.24) is 4.57 Å². The SMILES string of the molecule is CC(=O)OC[C@H]1Oc2c(c3c(F)cccc3n(C)c2=O)[C@@H](OC(C)=O)[C@@H]1OC(C)=O. The van der Waals surface area contributed by atoms with Gasteiger partial charge in [0.05, 0.1) is 11.1 Å². The largest absolute Gasteiger partial charge is 0.477 e. The Kier molecular flexibility index (Phi) is 5.77. The van der Waals surface area contributed by atoms with Crippen LogP contribution < -0.4 is 10.3 Å². The first-order valence-corrected chi connectivity index (χ1v) is 9.07. The number of aromatic nitrogens is 1. The summed E-state index contributed by atoms with van der Waals surface area (Å²) in [4.78, 5) is 47.8. The molecule has 9 nitrogen and oxygen atoms in total. The van der Waals surface area contributed by atoms with Crippen LogP contribution in [0.2, 0.25) is 0 Å². The molecule has 1 aromatic carbocycles. The minimum absolute atomic E-state index is 0.0102.